The van der Waals surface area contributed by atoms with Crippen molar-refractivity contribution in [2.75, 3.05) is 13.2 Å². The summed E-state index contributed by atoms with van der Waals surface area (Å²) in [5, 5.41) is 0. The smallest absolute Gasteiger partial charge is 0.306 e. The Balaban J connectivity index is 4.39. The second-order valence-electron chi connectivity index (χ2n) is 16.4. The number of carbonyl (C=O) groups excluding carboxylic acids is 3. The first kappa shape index (κ1) is 56.1. The summed E-state index contributed by atoms with van der Waals surface area (Å²) in [6.07, 6.45) is 57.7. The van der Waals surface area contributed by atoms with Gasteiger partial charge in [0.2, 0.25) is 0 Å². The number of esters is 3. The third-order valence-corrected chi connectivity index (χ3v) is 10.4. The van der Waals surface area contributed by atoms with Crippen molar-refractivity contribution in [1.82, 2.24) is 0 Å². The lowest BCUT2D eigenvalue weighted by Gasteiger charge is -2.18. The highest BCUT2D eigenvalue weighted by molar-refractivity contribution is 5.71. The fourth-order valence-corrected chi connectivity index (χ4v) is 6.67. The zero-order valence-electron chi connectivity index (χ0n) is 38.8. The van der Waals surface area contributed by atoms with Gasteiger partial charge in [0, 0.05) is 19.3 Å². The molecule has 0 amide bonds. The quantitative estimate of drug-likeness (QED) is 0.0263. The van der Waals surface area contributed by atoms with E-state index in [-0.39, 0.29) is 31.1 Å². The summed E-state index contributed by atoms with van der Waals surface area (Å²) in [6, 6.07) is 0. The number of rotatable bonds is 44. The molecule has 0 aliphatic rings. The van der Waals surface area contributed by atoms with E-state index in [0.29, 0.717) is 19.3 Å². The molecule has 0 saturated heterocycles. The summed E-state index contributed by atoms with van der Waals surface area (Å²) < 4.78 is 16.7. The Morgan fingerprint density at radius 1 is 0.339 bits per heavy atom. The van der Waals surface area contributed by atoms with Gasteiger partial charge in [-0.1, -0.05) is 184 Å². The van der Waals surface area contributed by atoms with Crippen LogP contribution in [0.2, 0.25) is 0 Å². The van der Waals surface area contributed by atoms with E-state index in [4.69, 9.17) is 14.2 Å². The average molecular weight is 825 g/mol. The minimum atomic E-state index is -0.786. The molecule has 59 heavy (non-hydrogen) atoms. The molecule has 0 aliphatic heterocycles. The molecule has 6 heteroatoms. The van der Waals surface area contributed by atoms with Gasteiger partial charge in [0.1, 0.15) is 13.2 Å². The van der Waals surface area contributed by atoms with Crippen LogP contribution in [0.3, 0.4) is 0 Å². The molecule has 0 fully saturated rings. The molecule has 0 rings (SSSR count). The SMILES string of the molecule is CCC/C=C\C/C=C\CCCCCCCC(=O)OC(COC(=O)CCCCCCC/C=C\CCCC)COC(=O)CCCCCCCCC/C=C\C/C=C\CCCCC. The van der Waals surface area contributed by atoms with Crippen molar-refractivity contribution in [2.45, 2.75) is 245 Å². The molecule has 340 valence electrons. The molecular formula is C53H92O6. The van der Waals surface area contributed by atoms with E-state index in [9.17, 15) is 14.4 Å². The molecule has 1 unspecified atom stereocenters. The summed E-state index contributed by atoms with van der Waals surface area (Å²) in [6.45, 7) is 6.48. The van der Waals surface area contributed by atoms with E-state index in [2.05, 4.69) is 81.5 Å². The highest BCUT2D eigenvalue weighted by atomic mass is 16.6. The third-order valence-electron chi connectivity index (χ3n) is 10.4. The fourth-order valence-electron chi connectivity index (χ4n) is 6.67. The topological polar surface area (TPSA) is 78.9 Å². The minimum Gasteiger partial charge on any atom is -0.462 e. The Bertz CT molecular complexity index is 1090. The van der Waals surface area contributed by atoms with Gasteiger partial charge in [-0.25, -0.2) is 0 Å². The van der Waals surface area contributed by atoms with Crippen LogP contribution in [0, 0.1) is 0 Å². The Labute approximate surface area is 364 Å². The molecule has 0 radical (unpaired) electrons. The van der Waals surface area contributed by atoms with Crippen LogP contribution >= 0.6 is 0 Å². The third kappa shape index (κ3) is 46.0. The molecule has 6 nitrogen and oxygen atoms in total. The largest absolute Gasteiger partial charge is 0.462 e. The Morgan fingerprint density at radius 3 is 1.07 bits per heavy atom. The molecule has 0 spiro atoms. The predicted octanol–water partition coefficient (Wildman–Crippen LogP) is 16.1. The van der Waals surface area contributed by atoms with Gasteiger partial charge in [0.25, 0.3) is 0 Å². The van der Waals surface area contributed by atoms with Gasteiger partial charge in [-0.3, -0.25) is 14.4 Å². The highest BCUT2D eigenvalue weighted by Crippen LogP contribution is 2.14. The van der Waals surface area contributed by atoms with Crippen molar-refractivity contribution >= 4 is 17.9 Å². The molecule has 0 heterocycles. The van der Waals surface area contributed by atoms with Crippen LogP contribution in [0.25, 0.3) is 0 Å². The first-order valence-electron chi connectivity index (χ1n) is 24.8. The van der Waals surface area contributed by atoms with Gasteiger partial charge >= 0.3 is 17.9 Å². The van der Waals surface area contributed by atoms with E-state index < -0.39 is 6.10 Å². The molecule has 0 aromatic rings. The Morgan fingerprint density at radius 2 is 0.661 bits per heavy atom. The maximum atomic E-state index is 12.7. The number of allylic oxidation sites excluding steroid dienone is 10. The number of ether oxygens (including phenoxy) is 3. The van der Waals surface area contributed by atoms with Crippen molar-refractivity contribution < 1.29 is 28.6 Å². The van der Waals surface area contributed by atoms with E-state index in [0.717, 1.165) is 109 Å². The van der Waals surface area contributed by atoms with Crippen LogP contribution in [-0.4, -0.2) is 37.2 Å². The minimum absolute atomic E-state index is 0.0870. The second-order valence-corrected chi connectivity index (χ2v) is 16.4. The van der Waals surface area contributed by atoms with E-state index >= 15 is 0 Å². The Kier molecular flexibility index (Phi) is 45.4. The summed E-state index contributed by atoms with van der Waals surface area (Å²) in [5.41, 5.74) is 0. The van der Waals surface area contributed by atoms with Gasteiger partial charge in [-0.2, -0.15) is 0 Å². The lowest BCUT2D eigenvalue weighted by Crippen LogP contribution is -2.30. The summed E-state index contributed by atoms with van der Waals surface area (Å²) in [4.78, 5) is 37.9. The summed E-state index contributed by atoms with van der Waals surface area (Å²) in [7, 11) is 0. The maximum Gasteiger partial charge on any atom is 0.306 e. The molecule has 1 atom stereocenters. The second kappa shape index (κ2) is 47.8. The van der Waals surface area contributed by atoms with E-state index in [1.54, 1.807) is 0 Å². The van der Waals surface area contributed by atoms with Crippen LogP contribution in [0.15, 0.2) is 60.8 Å². The van der Waals surface area contributed by atoms with Gasteiger partial charge in [-0.15, -0.1) is 0 Å². The van der Waals surface area contributed by atoms with Crippen LogP contribution < -0.4 is 0 Å². The van der Waals surface area contributed by atoms with Crippen molar-refractivity contribution in [3.8, 4) is 0 Å². The summed E-state index contributed by atoms with van der Waals surface area (Å²) in [5.74, 6) is -0.918. The first-order valence-corrected chi connectivity index (χ1v) is 24.8. The predicted molar refractivity (Wildman–Crippen MR) is 251 cm³/mol. The van der Waals surface area contributed by atoms with Crippen molar-refractivity contribution in [3.05, 3.63) is 60.8 Å². The Hall–Kier alpha value is -2.89. The molecule has 0 saturated carbocycles. The van der Waals surface area contributed by atoms with Gasteiger partial charge in [-0.05, 0) is 96.3 Å². The molecule has 0 aromatic heterocycles. The van der Waals surface area contributed by atoms with Crippen LogP contribution in [0.4, 0.5) is 0 Å². The highest BCUT2D eigenvalue weighted by Gasteiger charge is 2.19. The van der Waals surface area contributed by atoms with Crippen molar-refractivity contribution in [2.24, 2.45) is 0 Å². The normalized spacial score (nSPS) is 12.5. The molecule has 0 aliphatic carbocycles. The van der Waals surface area contributed by atoms with Crippen LogP contribution in [-0.2, 0) is 28.6 Å². The van der Waals surface area contributed by atoms with Crippen LogP contribution in [0.1, 0.15) is 239 Å². The molecule has 0 aromatic carbocycles. The van der Waals surface area contributed by atoms with E-state index in [1.165, 1.54) is 89.9 Å². The lowest BCUT2D eigenvalue weighted by atomic mass is 10.1. The van der Waals surface area contributed by atoms with Gasteiger partial charge in [0.15, 0.2) is 6.10 Å². The summed E-state index contributed by atoms with van der Waals surface area (Å²) >= 11 is 0. The zero-order valence-corrected chi connectivity index (χ0v) is 38.8. The zero-order chi connectivity index (χ0) is 43.0. The number of unbranched alkanes of at least 4 members (excludes halogenated alkanes) is 23. The van der Waals surface area contributed by atoms with Gasteiger partial charge < -0.3 is 14.2 Å². The molecular weight excluding hydrogens is 733 g/mol. The number of hydrogen-bond donors (Lipinski definition) is 0. The lowest BCUT2D eigenvalue weighted by molar-refractivity contribution is -0.167. The fraction of sp³-hybridized carbons (Fsp3) is 0.755. The van der Waals surface area contributed by atoms with Crippen LogP contribution in [0.5, 0.6) is 0 Å². The molecule has 0 bridgehead atoms. The maximum absolute atomic E-state index is 12.7. The standard InChI is InChI=1S/C53H92O6/c1-4-7-10-13-16-19-22-24-25-26-27-29-31-34-37-40-43-46-52(55)58-49-50(48-57-51(54)45-42-39-36-33-30-21-18-15-12-9-6-3)59-53(56)47-44-41-38-35-32-28-23-20-17-14-11-8-5-2/h11,14-16,18-20,23-25,50H,4-10,12-13,17,21-22,26-49H2,1-3H3/b14-11-,18-15-,19-16-,23-20-,25-24-. The number of carbonyl (C=O) groups is 3. The number of hydrogen-bond acceptors (Lipinski definition) is 6. The van der Waals surface area contributed by atoms with Crippen molar-refractivity contribution in [1.29, 1.82) is 0 Å². The monoisotopic (exact) mass is 825 g/mol. The van der Waals surface area contributed by atoms with Crippen molar-refractivity contribution in [3.63, 3.8) is 0 Å². The first-order chi connectivity index (χ1) is 29.0. The van der Waals surface area contributed by atoms with E-state index in [1.807, 2.05) is 0 Å². The average Bonchev–Trinajstić information content (AvgIpc) is 3.23. The van der Waals surface area contributed by atoms with Gasteiger partial charge in [0.05, 0.1) is 0 Å². The molecule has 0 N–H and O–H groups in total.